The number of hydrogen-bond donors (Lipinski definition) is 1. The predicted octanol–water partition coefficient (Wildman–Crippen LogP) is 3.41. The van der Waals surface area contributed by atoms with Gasteiger partial charge in [-0.3, -0.25) is 14.9 Å². The highest BCUT2D eigenvalue weighted by molar-refractivity contribution is 5.82. The Morgan fingerprint density at radius 2 is 1.92 bits per heavy atom. The van der Waals surface area contributed by atoms with E-state index in [0.29, 0.717) is 5.75 Å². The third-order valence-corrected chi connectivity index (χ3v) is 3.59. The lowest BCUT2D eigenvalue weighted by Crippen LogP contribution is -2.24. The molecule has 1 N–H and O–H groups in total. The standard InChI is InChI=1S/C19H19N3O4/c1-14-5-10-18(12-15(14)2)26-13-19(23)21-20-11-3-4-16-6-8-17(9-7-16)22(24)25/h3-12H,13H2,1-2H3,(H,21,23). The third kappa shape index (κ3) is 5.86. The van der Waals surface area contributed by atoms with Crippen LogP contribution in [0.3, 0.4) is 0 Å². The predicted molar refractivity (Wildman–Crippen MR) is 100 cm³/mol. The topological polar surface area (TPSA) is 93.8 Å². The summed E-state index contributed by atoms with van der Waals surface area (Å²) in [5.41, 5.74) is 5.43. The monoisotopic (exact) mass is 353 g/mol. The number of carbonyl (C=O) groups excluding carboxylic acids is 1. The Morgan fingerprint density at radius 1 is 1.19 bits per heavy atom. The lowest BCUT2D eigenvalue weighted by molar-refractivity contribution is -0.384. The molecule has 0 saturated carbocycles. The van der Waals surface area contributed by atoms with E-state index >= 15 is 0 Å². The van der Waals surface area contributed by atoms with Gasteiger partial charge in [0.1, 0.15) is 5.75 Å². The van der Waals surface area contributed by atoms with Crippen molar-refractivity contribution in [2.45, 2.75) is 13.8 Å². The highest BCUT2D eigenvalue weighted by Gasteiger charge is 2.03. The minimum absolute atomic E-state index is 0.0341. The molecule has 0 aliphatic rings. The number of amides is 1. The SMILES string of the molecule is Cc1ccc(OCC(=O)NN=CC=Cc2ccc([N+](=O)[O-])cc2)cc1C. The van der Waals surface area contributed by atoms with Crippen LogP contribution in [0, 0.1) is 24.0 Å². The lowest BCUT2D eigenvalue weighted by Gasteiger charge is -2.07. The van der Waals surface area contributed by atoms with Crippen molar-refractivity contribution >= 4 is 23.9 Å². The number of ether oxygens (including phenoxy) is 1. The first-order valence-electron chi connectivity index (χ1n) is 7.89. The Morgan fingerprint density at radius 3 is 2.58 bits per heavy atom. The van der Waals surface area contributed by atoms with Crippen molar-refractivity contribution in [2.24, 2.45) is 5.10 Å². The molecule has 0 unspecified atom stereocenters. The van der Waals surface area contributed by atoms with Crippen LogP contribution in [0.15, 0.2) is 53.6 Å². The van der Waals surface area contributed by atoms with E-state index in [1.54, 1.807) is 24.3 Å². The third-order valence-electron chi connectivity index (χ3n) is 3.59. The minimum Gasteiger partial charge on any atom is -0.484 e. The Hall–Kier alpha value is -3.48. The van der Waals surface area contributed by atoms with Crippen LogP contribution in [0.1, 0.15) is 16.7 Å². The summed E-state index contributed by atoms with van der Waals surface area (Å²) in [6, 6.07) is 11.7. The maximum absolute atomic E-state index is 11.7. The number of hydrogen-bond acceptors (Lipinski definition) is 5. The van der Waals surface area contributed by atoms with E-state index in [4.69, 9.17) is 4.74 Å². The molecule has 0 heterocycles. The van der Waals surface area contributed by atoms with Crippen LogP contribution in [0.2, 0.25) is 0 Å². The maximum atomic E-state index is 11.7. The highest BCUT2D eigenvalue weighted by atomic mass is 16.6. The fraction of sp³-hybridized carbons (Fsp3) is 0.158. The molecule has 2 aromatic carbocycles. The van der Waals surface area contributed by atoms with Crippen LogP contribution in [0.5, 0.6) is 5.75 Å². The van der Waals surface area contributed by atoms with Gasteiger partial charge in [-0.1, -0.05) is 12.1 Å². The van der Waals surface area contributed by atoms with Gasteiger partial charge in [0, 0.05) is 18.3 Å². The van der Waals surface area contributed by atoms with Gasteiger partial charge in [-0.2, -0.15) is 5.10 Å². The maximum Gasteiger partial charge on any atom is 0.277 e. The van der Waals surface area contributed by atoms with Crippen LogP contribution in [0.4, 0.5) is 5.69 Å². The molecule has 0 bridgehead atoms. The number of nitro benzene ring substituents is 1. The Labute approximate surface area is 151 Å². The van der Waals surface area contributed by atoms with Gasteiger partial charge >= 0.3 is 0 Å². The normalized spacial score (nSPS) is 11.0. The van der Waals surface area contributed by atoms with Crippen molar-refractivity contribution in [3.63, 3.8) is 0 Å². The van der Waals surface area contributed by atoms with Crippen molar-refractivity contribution < 1.29 is 14.5 Å². The fourth-order valence-corrected chi connectivity index (χ4v) is 2.00. The molecule has 7 nitrogen and oxygen atoms in total. The molecule has 0 aliphatic carbocycles. The number of aryl methyl sites for hydroxylation is 2. The second-order valence-electron chi connectivity index (χ2n) is 5.56. The van der Waals surface area contributed by atoms with E-state index < -0.39 is 4.92 Å². The lowest BCUT2D eigenvalue weighted by atomic mass is 10.1. The quantitative estimate of drug-likeness (QED) is 0.469. The number of non-ortho nitro benzene ring substituents is 1. The molecule has 26 heavy (non-hydrogen) atoms. The first-order valence-corrected chi connectivity index (χ1v) is 7.89. The molecule has 0 aromatic heterocycles. The number of rotatable bonds is 7. The summed E-state index contributed by atoms with van der Waals surface area (Å²) in [6.07, 6.45) is 4.74. The average Bonchev–Trinajstić information content (AvgIpc) is 2.63. The molecule has 0 fully saturated rings. The minimum atomic E-state index is -0.454. The molecule has 7 heteroatoms. The summed E-state index contributed by atoms with van der Waals surface area (Å²) >= 11 is 0. The van der Waals surface area contributed by atoms with E-state index in [0.717, 1.165) is 16.7 Å². The largest absolute Gasteiger partial charge is 0.484 e. The number of nitrogens with one attached hydrogen (secondary N) is 1. The van der Waals surface area contributed by atoms with Crippen LogP contribution >= 0.6 is 0 Å². The van der Waals surface area contributed by atoms with E-state index in [1.165, 1.54) is 18.3 Å². The van der Waals surface area contributed by atoms with Gasteiger partial charge in [0.25, 0.3) is 11.6 Å². The second-order valence-corrected chi connectivity index (χ2v) is 5.56. The van der Waals surface area contributed by atoms with E-state index in [1.807, 2.05) is 32.0 Å². The zero-order valence-corrected chi connectivity index (χ0v) is 14.5. The molecule has 0 atom stereocenters. The summed E-state index contributed by atoms with van der Waals surface area (Å²) in [4.78, 5) is 21.8. The Bertz CT molecular complexity index is 842. The van der Waals surface area contributed by atoms with E-state index in [2.05, 4.69) is 10.5 Å². The van der Waals surface area contributed by atoms with Crippen LogP contribution in [-0.2, 0) is 4.79 Å². The van der Waals surface area contributed by atoms with Crippen LogP contribution in [-0.4, -0.2) is 23.7 Å². The van der Waals surface area contributed by atoms with E-state index in [-0.39, 0.29) is 18.2 Å². The fourth-order valence-electron chi connectivity index (χ4n) is 2.00. The Balaban J connectivity index is 1.75. The summed E-state index contributed by atoms with van der Waals surface area (Å²) in [6.45, 7) is 3.85. The van der Waals surface area contributed by atoms with Gasteiger partial charge in [0.2, 0.25) is 0 Å². The molecular weight excluding hydrogens is 334 g/mol. The van der Waals surface area contributed by atoms with Crippen LogP contribution < -0.4 is 10.2 Å². The van der Waals surface area contributed by atoms with Crippen LogP contribution in [0.25, 0.3) is 6.08 Å². The summed E-state index contributed by atoms with van der Waals surface area (Å²) in [5.74, 6) is 0.258. The number of allylic oxidation sites excluding steroid dienone is 1. The number of benzene rings is 2. The number of nitrogens with zero attached hydrogens (tertiary/aromatic N) is 2. The van der Waals surface area contributed by atoms with Gasteiger partial charge in [0.05, 0.1) is 4.92 Å². The smallest absolute Gasteiger partial charge is 0.277 e. The summed E-state index contributed by atoms with van der Waals surface area (Å²) in [7, 11) is 0. The summed E-state index contributed by atoms with van der Waals surface area (Å²) in [5, 5.41) is 14.3. The summed E-state index contributed by atoms with van der Waals surface area (Å²) < 4.78 is 5.40. The molecule has 0 radical (unpaired) electrons. The molecule has 134 valence electrons. The molecule has 0 aliphatic heterocycles. The van der Waals surface area contributed by atoms with Gasteiger partial charge in [-0.05, 0) is 60.9 Å². The van der Waals surface area contributed by atoms with Gasteiger partial charge < -0.3 is 4.74 Å². The number of hydrazone groups is 1. The zero-order valence-electron chi connectivity index (χ0n) is 14.5. The highest BCUT2D eigenvalue weighted by Crippen LogP contribution is 2.16. The first-order chi connectivity index (χ1) is 12.5. The van der Waals surface area contributed by atoms with Crippen molar-refractivity contribution in [1.82, 2.24) is 5.43 Å². The molecule has 0 saturated heterocycles. The number of nitro groups is 1. The van der Waals surface area contributed by atoms with Crippen molar-refractivity contribution in [3.05, 3.63) is 75.3 Å². The zero-order chi connectivity index (χ0) is 18.9. The van der Waals surface area contributed by atoms with Gasteiger partial charge in [-0.15, -0.1) is 0 Å². The molecule has 0 spiro atoms. The molecular formula is C19H19N3O4. The van der Waals surface area contributed by atoms with Crippen molar-refractivity contribution in [1.29, 1.82) is 0 Å². The van der Waals surface area contributed by atoms with Gasteiger partial charge in [0.15, 0.2) is 6.61 Å². The molecule has 1 amide bonds. The van der Waals surface area contributed by atoms with Crippen molar-refractivity contribution in [3.8, 4) is 5.75 Å². The average molecular weight is 353 g/mol. The first kappa shape index (κ1) is 18.9. The van der Waals surface area contributed by atoms with Gasteiger partial charge in [-0.25, -0.2) is 5.43 Å². The molecule has 2 aromatic rings. The second kappa shape index (κ2) is 9.12. The number of carbonyl (C=O) groups is 1. The van der Waals surface area contributed by atoms with Crippen molar-refractivity contribution in [2.75, 3.05) is 6.61 Å². The van der Waals surface area contributed by atoms with E-state index in [9.17, 15) is 14.9 Å². The Kier molecular flexibility index (Phi) is 6.61. The molecule has 2 rings (SSSR count).